The number of fused-ring (bicyclic) bond motifs is 1. The molecule has 3 nitrogen and oxygen atoms in total. The second-order valence-electron chi connectivity index (χ2n) is 3.95. The Morgan fingerprint density at radius 2 is 2.00 bits per heavy atom. The minimum atomic E-state index is 0.109. The topological polar surface area (TPSA) is 34.9 Å². The molecule has 1 heterocycles. The molecule has 2 rings (SSSR count). The van der Waals surface area contributed by atoms with Crippen molar-refractivity contribution in [1.29, 1.82) is 0 Å². The second kappa shape index (κ2) is 3.19. The van der Waals surface area contributed by atoms with Gasteiger partial charge in [-0.3, -0.25) is 9.48 Å². The Morgan fingerprint density at radius 3 is 2.60 bits per heavy atom. The lowest BCUT2D eigenvalue weighted by Gasteiger charge is -2.02. The lowest BCUT2D eigenvalue weighted by atomic mass is 10.0. The van der Waals surface area contributed by atoms with E-state index in [1.807, 2.05) is 37.7 Å². The van der Waals surface area contributed by atoms with Gasteiger partial charge in [0, 0.05) is 18.0 Å². The van der Waals surface area contributed by atoms with Crippen LogP contribution in [0.2, 0.25) is 0 Å². The third-order valence-electron chi connectivity index (χ3n) is 2.76. The molecule has 0 aliphatic rings. The molecule has 1 aromatic carbocycles. The first-order chi connectivity index (χ1) is 7.00. The fourth-order valence-corrected chi connectivity index (χ4v) is 1.96. The number of nitrogens with zero attached hydrogens (tertiary/aromatic N) is 2. The molecule has 0 bridgehead atoms. The highest BCUT2D eigenvalue weighted by Crippen LogP contribution is 2.22. The number of Topliss-reactive ketones (excluding diaryl/α,β-unsaturated/α-hetero) is 1. The van der Waals surface area contributed by atoms with Gasteiger partial charge in [-0.05, 0) is 38.5 Å². The van der Waals surface area contributed by atoms with E-state index in [9.17, 15) is 4.79 Å². The Balaban J connectivity index is 2.85. The van der Waals surface area contributed by atoms with E-state index in [1.165, 1.54) is 0 Å². The number of carbonyl (C=O) groups is 1. The average Bonchev–Trinajstić information content (AvgIpc) is 2.41. The van der Waals surface area contributed by atoms with Gasteiger partial charge in [-0.2, -0.15) is 5.10 Å². The molecule has 0 fully saturated rings. The quantitative estimate of drug-likeness (QED) is 0.665. The van der Waals surface area contributed by atoms with Crippen LogP contribution in [0.5, 0.6) is 0 Å². The van der Waals surface area contributed by atoms with Crippen LogP contribution in [0.25, 0.3) is 10.9 Å². The van der Waals surface area contributed by atoms with Crippen molar-refractivity contribution in [3.8, 4) is 0 Å². The van der Waals surface area contributed by atoms with Crippen molar-refractivity contribution in [2.24, 2.45) is 7.05 Å². The molecule has 3 heteroatoms. The summed E-state index contributed by atoms with van der Waals surface area (Å²) >= 11 is 0. The van der Waals surface area contributed by atoms with Gasteiger partial charge in [0.15, 0.2) is 5.78 Å². The first-order valence-electron chi connectivity index (χ1n) is 4.95. The molecule has 0 unspecified atom stereocenters. The van der Waals surface area contributed by atoms with Crippen molar-refractivity contribution < 1.29 is 4.79 Å². The van der Waals surface area contributed by atoms with E-state index in [0.717, 1.165) is 27.7 Å². The molecule has 1 aromatic heterocycles. The normalized spacial score (nSPS) is 10.9. The maximum atomic E-state index is 11.4. The second-order valence-corrected chi connectivity index (χ2v) is 3.95. The largest absolute Gasteiger partial charge is 0.295 e. The van der Waals surface area contributed by atoms with Crippen LogP contribution < -0.4 is 0 Å². The first-order valence-corrected chi connectivity index (χ1v) is 4.95. The number of ketones is 1. The van der Waals surface area contributed by atoms with Crippen LogP contribution in [0.4, 0.5) is 0 Å². The molecule has 0 saturated carbocycles. The molecule has 0 saturated heterocycles. The number of rotatable bonds is 1. The van der Waals surface area contributed by atoms with E-state index in [1.54, 1.807) is 6.92 Å². The highest BCUT2D eigenvalue weighted by atomic mass is 16.1. The molecule has 0 radical (unpaired) electrons. The molecule has 0 N–H and O–H groups in total. The summed E-state index contributed by atoms with van der Waals surface area (Å²) < 4.78 is 1.85. The van der Waals surface area contributed by atoms with Crippen molar-refractivity contribution in [1.82, 2.24) is 9.78 Å². The van der Waals surface area contributed by atoms with E-state index < -0.39 is 0 Å². The predicted octanol–water partition coefficient (Wildman–Crippen LogP) is 2.39. The maximum absolute atomic E-state index is 11.4. The Hall–Kier alpha value is -1.64. The first kappa shape index (κ1) is 9.90. The molecule has 0 amide bonds. The monoisotopic (exact) mass is 202 g/mol. The Bertz CT molecular complexity index is 552. The van der Waals surface area contributed by atoms with Crippen LogP contribution in [-0.4, -0.2) is 15.6 Å². The summed E-state index contributed by atoms with van der Waals surface area (Å²) in [7, 11) is 1.92. The number of carbonyl (C=O) groups excluding carboxylic acids is 1. The van der Waals surface area contributed by atoms with Crippen LogP contribution >= 0.6 is 0 Å². The Morgan fingerprint density at radius 1 is 1.33 bits per heavy atom. The van der Waals surface area contributed by atoms with Gasteiger partial charge in [-0.25, -0.2) is 0 Å². The molecule has 78 valence electrons. The number of hydrogen-bond donors (Lipinski definition) is 0. The lowest BCUT2D eigenvalue weighted by Crippen LogP contribution is -1.96. The number of hydrogen-bond acceptors (Lipinski definition) is 2. The van der Waals surface area contributed by atoms with Crippen molar-refractivity contribution in [2.75, 3.05) is 0 Å². The smallest absolute Gasteiger partial charge is 0.160 e. The van der Waals surface area contributed by atoms with Crippen molar-refractivity contribution >= 4 is 16.7 Å². The predicted molar refractivity (Wildman–Crippen MR) is 60.2 cm³/mol. The Kier molecular flexibility index (Phi) is 2.11. The third-order valence-corrected chi connectivity index (χ3v) is 2.76. The van der Waals surface area contributed by atoms with Gasteiger partial charge in [-0.15, -0.1) is 0 Å². The summed E-state index contributed by atoms with van der Waals surface area (Å²) in [6.07, 6.45) is 0. The minimum absolute atomic E-state index is 0.109. The van der Waals surface area contributed by atoms with Gasteiger partial charge in [-0.1, -0.05) is 0 Å². The zero-order valence-corrected chi connectivity index (χ0v) is 9.46. The summed E-state index contributed by atoms with van der Waals surface area (Å²) in [4.78, 5) is 11.4. The molecule has 2 aromatic rings. The van der Waals surface area contributed by atoms with Gasteiger partial charge < -0.3 is 0 Å². The summed E-state index contributed by atoms with van der Waals surface area (Å²) in [6, 6.07) is 3.96. The fourth-order valence-electron chi connectivity index (χ4n) is 1.96. The van der Waals surface area contributed by atoms with E-state index in [2.05, 4.69) is 5.10 Å². The highest BCUT2D eigenvalue weighted by molar-refractivity contribution is 6.00. The van der Waals surface area contributed by atoms with Crippen molar-refractivity contribution in [2.45, 2.75) is 20.8 Å². The van der Waals surface area contributed by atoms with Gasteiger partial charge in [0.25, 0.3) is 0 Å². The lowest BCUT2D eigenvalue weighted by molar-refractivity contribution is 0.101. The average molecular weight is 202 g/mol. The standard InChI is InChI=1S/C12H14N2O/c1-7-5-12-11(6-10(7)9(3)15)8(2)13-14(12)4/h5-6H,1-4H3. The summed E-state index contributed by atoms with van der Waals surface area (Å²) in [6.45, 7) is 5.51. The SMILES string of the molecule is CC(=O)c1cc2c(C)nn(C)c2cc1C. The molecule has 0 aliphatic carbocycles. The van der Waals surface area contributed by atoms with E-state index in [0.29, 0.717) is 0 Å². The zero-order chi connectivity index (χ0) is 11.2. The van der Waals surface area contributed by atoms with Crippen LogP contribution in [-0.2, 0) is 7.05 Å². The van der Waals surface area contributed by atoms with Crippen molar-refractivity contribution in [3.63, 3.8) is 0 Å². The van der Waals surface area contributed by atoms with E-state index in [4.69, 9.17) is 0 Å². The maximum Gasteiger partial charge on any atom is 0.160 e. The third kappa shape index (κ3) is 1.44. The summed E-state index contributed by atoms with van der Waals surface area (Å²) in [5.41, 5.74) is 3.85. The molecule has 15 heavy (non-hydrogen) atoms. The molecule has 0 spiro atoms. The van der Waals surface area contributed by atoms with Crippen LogP contribution in [0.3, 0.4) is 0 Å². The fraction of sp³-hybridized carbons (Fsp3) is 0.333. The molecule has 0 atom stereocenters. The van der Waals surface area contributed by atoms with Crippen LogP contribution in [0, 0.1) is 13.8 Å². The number of aryl methyl sites for hydroxylation is 3. The highest BCUT2D eigenvalue weighted by Gasteiger charge is 2.10. The molecular formula is C12H14N2O. The van der Waals surface area contributed by atoms with E-state index >= 15 is 0 Å². The molecular weight excluding hydrogens is 188 g/mol. The van der Waals surface area contributed by atoms with Gasteiger partial charge in [0.05, 0.1) is 11.2 Å². The molecule has 0 aliphatic heterocycles. The van der Waals surface area contributed by atoms with Gasteiger partial charge in [0.1, 0.15) is 0 Å². The van der Waals surface area contributed by atoms with Crippen molar-refractivity contribution in [3.05, 3.63) is 29.0 Å². The van der Waals surface area contributed by atoms with Crippen LogP contribution in [0.1, 0.15) is 28.5 Å². The summed E-state index contributed by atoms with van der Waals surface area (Å²) in [5.74, 6) is 0.109. The number of aromatic nitrogens is 2. The summed E-state index contributed by atoms with van der Waals surface area (Å²) in [5, 5.41) is 5.40. The van der Waals surface area contributed by atoms with Gasteiger partial charge >= 0.3 is 0 Å². The minimum Gasteiger partial charge on any atom is -0.295 e. The van der Waals surface area contributed by atoms with Gasteiger partial charge in [0.2, 0.25) is 0 Å². The van der Waals surface area contributed by atoms with E-state index in [-0.39, 0.29) is 5.78 Å². The van der Waals surface area contributed by atoms with Crippen LogP contribution in [0.15, 0.2) is 12.1 Å². The zero-order valence-electron chi connectivity index (χ0n) is 9.46. The number of benzene rings is 1. The Labute approximate surface area is 88.7 Å².